The van der Waals surface area contributed by atoms with Crippen LogP contribution in [0.2, 0.25) is 0 Å². The number of H-pyrrole nitrogens is 1. The largest absolute Gasteiger partial charge is 0.397 e. The van der Waals surface area contributed by atoms with Gasteiger partial charge in [-0.1, -0.05) is 6.07 Å². The highest BCUT2D eigenvalue weighted by atomic mass is 19.1. The maximum atomic E-state index is 13.8. The highest BCUT2D eigenvalue weighted by Gasteiger charge is 2.16. The molecule has 0 radical (unpaired) electrons. The number of nitrogen functional groups attached to an aromatic ring is 1. The minimum absolute atomic E-state index is 0.330. The summed E-state index contributed by atoms with van der Waals surface area (Å²) in [5.74, 6) is 0. The van der Waals surface area contributed by atoms with E-state index in [4.69, 9.17) is 5.73 Å². The van der Waals surface area contributed by atoms with Gasteiger partial charge in [-0.2, -0.15) is 5.10 Å². The Morgan fingerprint density at radius 2 is 2.16 bits per heavy atom. The molecule has 1 aliphatic rings. The number of aromatic nitrogens is 3. The van der Waals surface area contributed by atoms with Crippen LogP contribution in [0.3, 0.4) is 0 Å². The zero-order chi connectivity index (χ0) is 17.2. The molecule has 2 aromatic heterocycles. The van der Waals surface area contributed by atoms with Crippen LogP contribution >= 0.6 is 0 Å². The lowest BCUT2D eigenvalue weighted by Gasteiger charge is -2.11. The van der Waals surface area contributed by atoms with E-state index < -0.39 is 6.17 Å². The SMILES string of the molecule is Nc1cncc(-c2ccc3n[nH]c(CN=C4C=NCCC4F)c3c2)c1. The Morgan fingerprint density at radius 3 is 3.00 bits per heavy atom. The number of fused-ring (bicyclic) bond motifs is 1. The Hall–Kier alpha value is -3.09. The number of pyridine rings is 1. The average Bonchev–Trinajstić information content (AvgIpc) is 3.03. The van der Waals surface area contributed by atoms with E-state index in [0.717, 1.165) is 27.7 Å². The Kier molecular flexibility index (Phi) is 3.97. The predicted octanol–water partition coefficient (Wildman–Crippen LogP) is 2.96. The number of anilines is 1. The van der Waals surface area contributed by atoms with Gasteiger partial charge in [0.1, 0.15) is 6.17 Å². The Balaban J connectivity index is 1.68. The molecule has 0 saturated carbocycles. The van der Waals surface area contributed by atoms with E-state index in [2.05, 4.69) is 25.2 Å². The molecule has 6 nitrogen and oxygen atoms in total. The topological polar surface area (TPSA) is 92.3 Å². The summed E-state index contributed by atoms with van der Waals surface area (Å²) in [5, 5.41) is 8.24. The van der Waals surface area contributed by atoms with Gasteiger partial charge in [0.15, 0.2) is 0 Å². The molecule has 0 spiro atoms. The number of aromatic amines is 1. The van der Waals surface area contributed by atoms with Crippen molar-refractivity contribution in [2.45, 2.75) is 19.1 Å². The fraction of sp³-hybridized carbons (Fsp3) is 0.222. The fourth-order valence-electron chi connectivity index (χ4n) is 2.86. The lowest BCUT2D eigenvalue weighted by Crippen LogP contribution is -2.22. The van der Waals surface area contributed by atoms with E-state index >= 15 is 0 Å². The van der Waals surface area contributed by atoms with Gasteiger partial charge in [0, 0.05) is 42.5 Å². The van der Waals surface area contributed by atoms with Crippen molar-refractivity contribution in [1.29, 1.82) is 0 Å². The van der Waals surface area contributed by atoms with Gasteiger partial charge in [-0.05, 0) is 23.8 Å². The second kappa shape index (κ2) is 6.43. The number of alkyl halides is 1. The molecule has 126 valence electrons. The Labute approximate surface area is 143 Å². The van der Waals surface area contributed by atoms with Crippen molar-refractivity contribution in [3.63, 3.8) is 0 Å². The third kappa shape index (κ3) is 3.13. The third-order valence-corrected chi connectivity index (χ3v) is 4.20. The summed E-state index contributed by atoms with van der Waals surface area (Å²) >= 11 is 0. The number of benzene rings is 1. The minimum Gasteiger partial charge on any atom is -0.397 e. The number of hydrogen-bond donors (Lipinski definition) is 2. The van der Waals surface area contributed by atoms with Crippen LogP contribution in [-0.4, -0.2) is 39.8 Å². The Bertz CT molecular complexity index is 975. The normalized spacial score (nSPS) is 18.9. The van der Waals surface area contributed by atoms with Gasteiger partial charge >= 0.3 is 0 Å². The quantitative estimate of drug-likeness (QED) is 0.770. The van der Waals surface area contributed by atoms with Crippen LogP contribution in [0.25, 0.3) is 22.0 Å². The van der Waals surface area contributed by atoms with Crippen molar-refractivity contribution in [1.82, 2.24) is 15.2 Å². The highest BCUT2D eigenvalue weighted by Crippen LogP contribution is 2.26. The second-order valence-corrected chi connectivity index (χ2v) is 5.97. The van der Waals surface area contributed by atoms with Crippen molar-refractivity contribution < 1.29 is 4.39 Å². The molecule has 0 amide bonds. The molecule has 0 bridgehead atoms. The fourth-order valence-corrected chi connectivity index (χ4v) is 2.86. The van der Waals surface area contributed by atoms with Gasteiger partial charge in [0.25, 0.3) is 0 Å². The van der Waals surface area contributed by atoms with Crippen molar-refractivity contribution in [3.8, 4) is 11.1 Å². The lowest BCUT2D eigenvalue weighted by atomic mass is 10.0. The summed E-state index contributed by atoms with van der Waals surface area (Å²) in [5.41, 5.74) is 10.4. The first-order valence-electron chi connectivity index (χ1n) is 8.07. The molecule has 1 atom stereocenters. The average molecular weight is 336 g/mol. The molecule has 1 aromatic carbocycles. The van der Waals surface area contributed by atoms with Crippen molar-refractivity contribution in [3.05, 3.63) is 42.4 Å². The molecule has 0 saturated heterocycles. The van der Waals surface area contributed by atoms with E-state index in [9.17, 15) is 4.39 Å². The molecule has 7 heteroatoms. The van der Waals surface area contributed by atoms with Crippen LogP contribution in [0.5, 0.6) is 0 Å². The van der Waals surface area contributed by atoms with E-state index in [1.165, 1.54) is 6.21 Å². The number of nitrogens with one attached hydrogen (secondary N) is 1. The molecular formula is C18H17FN6. The van der Waals surface area contributed by atoms with Gasteiger partial charge in [-0.3, -0.25) is 20.1 Å². The number of rotatable bonds is 3. The monoisotopic (exact) mass is 336 g/mol. The van der Waals surface area contributed by atoms with Crippen LogP contribution in [0.1, 0.15) is 12.1 Å². The molecule has 1 unspecified atom stereocenters. The van der Waals surface area contributed by atoms with Crippen LogP contribution < -0.4 is 5.73 Å². The van der Waals surface area contributed by atoms with Crippen molar-refractivity contribution in [2.75, 3.05) is 12.3 Å². The molecule has 3 aromatic rings. The molecule has 0 aliphatic carbocycles. The first-order valence-corrected chi connectivity index (χ1v) is 8.07. The zero-order valence-electron chi connectivity index (χ0n) is 13.5. The maximum absolute atomic E-state index is 13.8. The zero-order valence-corrected chi connectivity index (χ0v) is 13.5. The van der Waals surface area contributed by atoms with Crippen molar-refractivity contribution >= 4 is 28.5 Å². The molecule has 1 aliphatic heterocycles. The van der Waals surface area contributed by atoms with Gasteiger partial charge in [0.2, 0.25) is 0 Å². The van der Waals surface area contributed by atoms with Gasteiger partial charge < -0.3 is 5.73 Å². The summed E-state index contributed by atoms with van der Waals surface area (Å²) in [4.78, 5) is 12.6. The lowest BCUT2D eigenvalue weighted by molar-refractivity contribution is 0.404. The number of hydrogen-bond acceptors (Lipinski definition) is 5. The van der Waals surface area contributed by atoms with Crippen LogP contribution in [0, 0.1) is 0 Å². The number of nitrogens with zero attached hydrogens (tertiary/aromatic N) is 4. The summed E-state index contributed by atoms with van der Waals surface area (Å²) in [6, 6.07) is 7.80. The number of halogens is 1. The van der Waals surface area contributed by atoms with Gasteiger partial charge in [-0.15, -0.1) is 0 Å². The molecule has 3 N–H and O–H groups in total. The van der Waals surface area contributed by atoms with E-state index in [1.54, 1.807) is 12.4 Å². The first kappa shape index (κ1) is 15.4. The van der Waals surface area contributed by atoms with Crippen LogP contribution in [0.15, 0.2) is 46.6 Å². The van der Waals surface area contributed by atoms with Crippen molar-refractivity contribution in [2.24, 2.45) is 9.98 Å². The first-order chi connectivity index (χ1) is 12.2. The summed E-state index contributed by atoms with van der Waals surface area (Å²) < 4.78 is 13.8. The molecule has 3 heterocycles. The van der Waals surface area contributed by atoms with Gasteiger partial charge in [-0.25, -0.2) is 4.39 Å². The Morgan fingerprint density at radius 1 is 1.24 bits per heavy atom. The van der Waals surface area contributed by atoms with E-state index in [1.807, 2.05) is 24.3 Å². The van der Waals surface area contributed by atoms with Gasteiger partial charge in [0.05, 0.1) is 29.2 Å². The highest BCUT2D eigenvalue weighted by molar-refractivity contribution is 6.33. The molecular weight excluding hydrogens is 319 g/mol. The predicted molar refractivity (Wildman–Crippen MR) is 97.7 cm³/mol. The standard InChI is InChI=1S/C18H17FN6/c19-15-3-4-21-9-18(15)23-10-17-14-6-11(1-2-16(14)24-25-17)12-5-13(20)8-22-7-12/h1-2,5-9,15H,3-4,10,20H2,(H,24,25). The smallest absolute Gasteiger partial charge is 0.145 e. The minimum atomic E-state index is -1.04. The third-order valence-electron chi connectivity index (χ3n) is 4.20. The van der Waals surface area contributed by atoms with E-state index in [-0.39, 0.29) is 0 Å². The summed E-state index contributed by atoms with van der Waals surface area (Å²) in [6.07, 6.45) is 4.26. The van der Waals surface area contributed by atoms with Crippen LogP contribution in [0.4, 0.5) is 10.1 Å². The second-order valence-electron chi connectivity index (χ2n) is 5.97. The number of aliphatic imine (C=N–C) groups is 2. The summed E-state index contributed by atoms with van der Waals surface area (Å²) in [6.45, 7) is 0.849. The molecule has 0 fully saturated rings. The van der Waals surface area contributed by atoms with Crippen LogP contribution in [-0.2, 0) is 6.54 Å². The van der Waals surface area contributed by atoms with E-state index in [0.29, 0.717) is 30.9 Å². The number of nitrogens with two attached hydrogens (primary N) is 1. The molecule has 25 heavy (non-hydrogen) atoms. The summed E-state index contributed by atoms with van der Waals surface area (Å²) in [7, 11) is 0. The molecule has 4 rings (SSSR count). The maximum Gasteiger partial charge on any atom is 0.145 e.